The first-order valence-electron chi connectivity index (χ1n) is 13.2. The lowest BCUT2D eigenvalue weighted by Gasteiger charge is -2.27. The molecule has 3 aromatic carbocycles. The number of hydrogen-bond acceptors (Lipinski definition) is 4. The molecular weight excluding hydrogens is 460 g/mol. The number of carbonyl (C=O) groups is 1. The molecule has 2 N–H and O–H groups in total. The normalized spacial score (nSPS) is 18.5. The molecule has 190 valence electrons. The van der Waals surface area contributed by atoms with Crippen molar-refractivity contribution in [1.29, 1.82) is 5.26 Å². The molecular formula is C32H34N2O3. The molecule has 1 amide bonds. The van der Waals surface area contributed by atoms with E-state index in [0.717, 1.165) is 40.7 Å². The lowest BCUT2D eigenvalue weighted by atomic mass is 9.96. The van der Waals surface area contributed by atoms with Crippen LogP contribution in [0.25, 0.3) is 11.1 Å². The molecule has 0 heterocycles. The van der Waals surface area contributed by atoms with Crippen molar-refractivity contribution < 1.29 is 14.6 Å². The Morgan fingerprint density at radius 2 is 1.49 bits per heavy atom. The highest BCUT2D eigenvalue weighted by Gasteiger charge is 2.46. The quantitative estimate of drug-likeness (QED) is 0.361. The Labute approximate surface area is 219 Å². The summed E-state index contributed by atoms with van der Waals surface area (Å²) in [5, 5.41) is 22.8. The monoisotopic (exact) mass is 494 g/mol. The second kappa shape index (κ2) is 10.1. The number of nitrogens with zero attached hydrogens (tertiary/aromatic N) is 1. The molecule has 5 heteroatoms. The van der Waals surface area contributed by atoms with Gasteiger partial charge in [-0.25, -0.2) is 0 Å². The van der Waals surface area contributed by atoms with Crippen LogP contribution in [-0.2, 0) is 15.1 Å². The molecule has 2 aliphatic carbocycles. The second-order valence-corrected chi connectivity index (χ2v) is 11.0. The van der Waals surface area contributed by atoms with E-state index >= 15 is 0 Å². The largest absolute Gasteiger partial charge is 0.385 e. The van der Waals surface area contributed by atoms with Crippen molar-refractivity contribution >= 4 is 5.91 Å². The molecule has 2 atom stereocenters. The van der Waals surface area contributed by atoms with Gasteiger partial charge in [-0.3, -0.25) is 4.79 Å². The first-order valence-corrected chi connectivity index (χ1v) is 13.2. The van der Waals surface area contributed by atoms with Crippen LogP contribution in [-0.4, -0.2) is 22.7 Å². The van der Waals surface area contributed by atoms with E-state index in [2.05, 4.69) is 61.6 Å². The van der Waals surface area contributed by atoms with Crippen molar-refractivity contribution in [3.63, 3.8) is 0 Å². The molecule has 1 unspecified atom stereocenters. The second-order valence-electron chi connectivity index (χ2n) is 11.0. The molecule has 37 heavy (non-hydrogen) atoms. The zero-order valence-electron chi connectivity index (χ0n) is 21.5. The number of hydrogen-bond donors (Lipinski definition) is 2. The number of nitriles is 1. The molecule has 0 spiro atoms. The van der Waals surface area contributed by atoms with E-state index in [9.17, 15) is 15.2 Å². The van der Waals surface area contributed by atoms with Gasteiger partial charge < -0.3 is 15.2 Å². The minimum absolute atomic E-state index is 0.220. The minimum Gasteiger partial charge on any atom is -0.385 e. The molecule has 2 saturated carbocycles. The van der Waals surface area contributed by atoms with Crippen molar-refractivity contribution in [3.8, 4) is 17.2 Å². The van der Waals surface area contributed by atoms with Crippen molar-refractivity contribution in [2.45, 2.75) is 69.3 Å². The summed E-state index contributed by atoms with van der Waals surface area (Å²) in [5.74, 6) is 0.0335. The van der Waals surface area contributed by atoms with Gasteiger partial charge in [-0.1, -0.05) is 92.7 Å². The molecule has 0 aromatic heterocycles. The summed E-state index contributed by atoms with van der Waals surface area (Å²) in [6, 6.07) is 28.6. The average Bonchev–Trinajstić information content (AvgIpc) is 3.85. The third-order valence-corrected chi connectivity index (χ3v) is 7.40. The molecule has 0 bridgehead atoms. The summed E-state index contributed by atoms with van der Waals surface area (Å²) in [4.78, 5) is 13.2. The predicted octanol–water partition coefficient (Wildman–Crippen LogP) is 6.03. The van der Waals surface area contributed by atoms with Crippen molar-refractivity contribution in [1.82, 2.24) is 5.32 Å². The van der Waals surface area contributed by atoms with Crippen LogP contribution >= 0.6 is 0 Å². The van der Waals surface area contributed by atoms with E-state index in [0.29, 0.717) is 19.3 Å². The van der Waals surface area contributed by atoms with E-state index in [1.165, 1.54) is 0 Å². The Kier molecular flexibility index (Phi) is 6.90. The van der Waals surface area contributed by atoms with Gasteiger partial charge in [0.2, 0.25) is 5.91 Å². The smallest absolute Gasteiger partial charge is 0.250 e. The van der Waals surface area contributed by atoms with Gasteiger partial charge in [0.25, 0.3) is 0 Å². The zero-order chi connectivity index (χ0) is 26.0. The molecule has 0 aliphatic heterocycles. The molecule has 2 aliphatic rings. The van der Waals surface area contributed by atoms with Gasteiger partial charge in [-0.05, 0) is 65.8 Å². The van der Waals surface area contributed by atoms with Crippen LogP contribution in [0.5, 0.6) is 0 Å². The zero-order valence-corrected chi connectivity index (χ0v) is 21.5. The number of ether oxygens (including phenoxy) is 1. The van der Waals surface area contributed by atoms with Crippen LogP contribution in [0.2, 0.25) is 0 Å². The van der Waals surface area contributed by atoms with Crippen LogP contribution in [0.3, 0.4) is 0 Å². The van der Waals surface area contributed by atoms with Gasteiger partial charge in [-0.2, -0.15) is 5.26 Å². The number of carbonyl (C=O) groups excluding carboxylic acids is 1. The summed E-state index contributed by atoms with van der Waals surface area (Å²) in [6.07, 6.45) is 2.50. The van der Waals surface area contributed by atoms with Crippen LogP contribution in [0.15, 0.2) is 78.9 Å². The summed E-state index contributed by atoms with van der Waals surface area (Å²) in [6.45, 7) is 4.14. The van der Waals surface area contributed by atoms with E-state index < -0.39 is 23.3 Å². The van der Waals surface area contributed by atoms with Gasteiger partial charge >= 0.3 is 0 Å². The first-order chi connectivity index (χ1) is 17.8. The third kappa shape index (κ3) is 5.77. The molecule has 3 aromatic rings. The highest BCUT2D eigenvalue weighted by atomic mass is 16.5. The number of benzene rings is 3. The Bertz CT molecular complexity index is 1270. The molecule has 2 fully saturated rings. The van der Waals surface area contributed by atoms with Crippen LogP contribution in [0.1, 0.15) is 68.7 Å². The van der Waals surface area contributed by atoms with E-state index in [-0.39, 0.29) is 11.8 Å². The Morgan fingerprint density at radius 1 is 0.919 bits per heavy atom. The van der Waals surface area contributed by atoms with Crippen molar-refractivity contribution in [3.05, 3.63) is 95.6 Å². The summed E-state index contributed by atoms with van der Waals surface area (Å²) in [7, 11) is 0. The molecule has 5 nitrogen and oxygen atoms in total. The summed E-state index contributed by atoms with van der Waals surface area (Å²) >= 11 is 0. The number of aliphatic hydroxyl groups is 1. The number of nitrogens with one attached hydrogen (secondary N) is 1. The van der Waals surface area contributed by atoms with Crippen molar-refractivity contribution in [2.24, 2.45) is 5.92 Å². The maximum Gasteiger partial charge on any atom is 0.250 e. The SMILES string of the molecule is CC(C)C[C@H](OC(c1ccccc1)c1ccc(-c2ccc(C3(O)CC3)cc2)cc1)C(=O)NC1(C#N)CC1. The number of amides is 1. The minimum atomic E-state index is -0.732. The lowest BCUT2D eigenvalue weighted by Crippen LogP contribution is -2.44. The van der Waals surface area contributed by atoms with Gasteiger partial charge in [-0.15, -0.1) is 0 Å². The topological polar surface area (TPSA) is 82.3 Å². The van der Waals surface area contributed by atoms with E-state index in [1.54, 1.807) is 0 Å². The van der Waals surface area contributed by atoms with Crippen molar-refractivity contribution in [2.75, 3.05) is 0 Å². The highest BCUT2D eigenvalue weighted by molar-refractivity contribution is 5.82. The molecule has 0 saturated heterocycles. The molecule has 0 radical (unpaired) electrons. The fraction of sp³-hybridized carbons (Fsp3) is 0.375. The van der Waals surface area contributed by atoms with Gasteiger partial charge in [0.1, 0.15) is 17.7 Å². The van der Waals surface area contributed by atoms with E-state index in [1.807, 2.05) is 42.5 Å². The first kappa shape index (κ1) is 25.2. The summed E-state index contributed by atoms with van der Waals surface area (Å²) in [5.41, 5.74) is 3.70. The highest BCUT2D eigenvalue weighted by Crippen LogP contribution is 2.45. The Balaban J connectivity index is 1.39. The Hall–Kier alpha value is -3.46. The number of rotatable bonds is 10. The Morgan fingerprint density at radius 3 is 2.00 bits per heavy atom. The fourth-order valence-electron chi connectivity index (χ4n) is 4.73. The predicted molar refractivity (Wildman–Crippen MR) is 143 cm³/mol. The van der Waals surface area contributed by atoms with Gasteiger partial charge in [0.05, 0.1) is 11.7 Å². The molecule has 5 rings (SSSR count). The lowest BCUT2D eigenvalue weighted by molar-refractivity contribution is -0.137. The maximum absolute atomic E-state index is 13.2. The van der Waals surface area contributed by atoms with E-state index in [4.69, 9.17) is 4.74 Å². The van der Waals surface area contributed by atoms with Gasteiger partial charge in [0.15, 0.2) is 0 Å². The third-order valence-electron chi connectivity index (χ3n) is 7.40. The van der Waals surface area contributed by atoms with Crippen LogP contribution in [0.4, 0.5) is 0 Å². The summed E-state index contributed by atoms with van der Waals surface area (Å²) < 4.78 is 6.57. The van der Waals surface area contributed by atoms with Crippen LogP contribution < -0.4 is 5.32 Å². The maximum atomic E-state index is 13.2. The van der Waals surface area contributed by atoms with Crippen LogP contribution in [0, 0.1) is 17.2 Å². The van der Waals surface area contributed by atoms with Gasteiger partial charge in [0, 0.05) is 0 Å². The average molecular weight is 495 g/mol. The fourth-order valence-corrected chi connectivity index (χ4v) is 4.73. The standard InChI is InChI=1S/C32H34N2O3/c1-22(2)20-28(30(35)34-31(21-33)16-17-31)37-29(25-6-4-3-5-7-25)26-10-8-23(9-11-26)24-12-14-27(15-13-24)32(36)18-19-32/h3-15,22,28-29,36H,16-20H2,1-2H3,(H,34,35)/t28-,29?/m0/s1.